The molecule has 1 saturated heterocycles. The molecule has 2 aromatic rings. The van der Waals surface area contributed by atoms with Crippen LogP contribution in [-0.2, 0) is 20.1 Å². The lowest BCUT2D eigenvalue weighted by molar-refractivity contribution is 0.319. The zero-order chi connectivity index (χ0) is 17.8. The smallest absolute Gasteiger partial charge is 0.216 e. The molecule has 0 aliphatic carbocycles. The highest BCUT2D eigenvalue weighted by Gasteiger charge is 2.24. The van der Waals surface area contributed by atoms with E-state index in [1.807, 2.05) is 11.7 Å². The largest absolute Gasteiger partial charge is 0.481 e. The maximum Gasteiger partial charge on any atom is 0.216 e. The van der Waals surface area contributed by atoms with Crippen LogP contribution in [0.1, 0.15) is 43.0 Å². The van der Waals surface area contributed by atoms with E-state index >= 15 is 0 Å². The SMILES string of the molecule is COc1c(CN[C@@H]2CCN(Cc3ccccc3)C2)c(C(C)C)nn1C. The molecule has 1 atom stereocenters. The van der Waals surface area contributed by atoms with Crippen LogP contribution in [0.15, 0.2) is 30.3 Å². The normalized spacial score (nSPS) is 18.2. The van der Waals surface area contributed by atoms with Crippen LogP contribution < -0.4 is 10.1 Å². The Bertz CT molecular complexity index is 681. The van der Waals surface area contributed by atoms with Crippen LogP contribution in [0.2, 0.25) is 0 Å². The highest BCUT2D eigenvalue weighted by molar-refractivity contribution is 5.33. The van der Waals surface area contributed by atoms with Gasteiger partial charge in [-0.05, 0) is 17.9 Å². The molecule has 136 valence electrons. The molecule has 3 rings (SSSR count). The van der Waals surface area contributed by atoms with E-state index in [4.69, 9.17) is 4.74 Å². The zero-order valence-corrected chi connectivity index (χ0v) is 15.8. The van der Waals surface area contributed by atoms with E-state index in [1.165, 1.54) is 17.5 Å². The monoisotopic (exact) mass is 342 g/mol. The number of nitrogens with one attached hydrogen (secondary N) is 1. The number of aryl methyl sites for hydroxylation is 1. The van der Waals surface area contributed by atoms with Crippen LogP contribution in [0.25, 0.3) is 0 Å². The Morgan fingerprint density at radius 2 is 2.04 bits per heavy atom. The standard InChI is InChI=1S/C20H30N4O/c1-15(2)19-18(20(25-4)23(3)22-19)12-21-17-10-11-24(14-17)13-16-8-6-5-7-9-16/h5-9,15,17,21H,10-14H2,1-4H3/t17-/m1/s1. The predicted molar refractivity (Wildman–Crippen MR) is 101 cm³/mol. The third-order valence-corrected chi connectivity index (χ3v) is 4.95. The molecule has 1 aliphatic rings. The highest BCUT2D eigenvalue weighted by atomic mass is 16.5. The number of hydrogen-bond donors (Lipinski definition) is 1. The minimum Gasteiger partial charge on any atom is -0.481 e. The summed E-state index contributed by atoms with van der Waals surface area (Å²) in [5.41, 5.74) is 3.71. The van der Waals surface area contributed by atoms with Crippen molar-refractivity contribution in [2.24, 2.45) is 7.05 Å². The average molecular weight is 342 g/mol. The van der Waals surface area contributed by atoms with E-state index < -0.39 is 0 Å². The van der Waals surface area contributed by atoms with Crippen molar-refractivity contribution >= 4 is 0 Å². The number of nitrogens with zero attached hydrogens (tertiary/aromatic N) is 3. The third kappa shape index (κ3) is 4.22. The fraction of sp³-hybridized carbons (Fsp3) is 0.550. The van der Waals surface area contributed by atoms with Crippen molar-refractivity contribution in [1.82, 2.24) is 20.0 Å². The van der Waals surface area contributed by atoms with Crippen LogP contribution >= 0.6 is 0 Å². The van der Waals surface area contributed by atoms with Crippen molar-refractivity contribution in [2.45, 2.75) is 45.3 Å². The molecule has 0 radical (unpaired) electrons. The van der Waals surface area contributed by atoms with Crippen LogP contribution in [0.4, 0.5) is 0 Å². The topological polar surface area (TPSA) is 42.3 Å². The van der Waals surface area contributed by atoms with Gasteiger partial charge in [0, 0.05) is 39.3 Å². The molecule has 1 aromatic heterocycles. The number of rotatable bonds is 7. The molecule has 0 spiro atoms. The van der Waals surface area contributed by atoms with Crippen molar-refractivity contribution < 1.29 is 4.74 Å². The van der Waals surface area contributed by atoms with E-state index in [2.05, 4.69) is 59.5 Å². The Morgan fingerprint density at radius 3 is 2.72 bits per heavy atom. The lowest BCUT2D eigenvalue weighted by Crippen LogP contribution is -2.32. The Morgan fingerprint density at radius 1 is 1.28 bits per heavy atom. The molecule has 5 heteroatoms. The average Bonchev–Trinajstić information content (AvgIpc) is 3.17. The van der Waals surface area contributed by atoms with Gasteiger partial charge in [0.05, 0.1) is 18.4 Å². The third-order valence-electron chi connectivity index (χ3n) is 4.95. The second kappa shape index (κ2) is 8.02. The number of methoxy groups -OCH3 is 1. The Kier molecular flexibility index (Phi) is 5.76. The molecule has 0 unspecified atom stereocenters. The summed E-state index contributed by atoms with van der Waals surface area (Å²) >= 11 is 0. The van der Waals surface area contributed by atoms with E-state index in [1.54, 1.807) is 7.11 Å². The maximum atomic E-state index is 5.57. The second-order valence-corrected chi connectivity index (χ2v) is 7.24. The molecule has 0 saturated carbocycles. The number of aromatic nitrogens is 2. The first kappa shape index (κ1) is 18.0. The first-order chi connectivity index (χ1) is 12.1. The number of benzene rings is 1. The highest BCUT2D eigenvalue weighted by Crippen LogP contribution is 2.27. The van der Waals surface area contributed by atoms with Crippen molar-refractivity contribution in [2.75, 3.05) is 20.2 Å². The lowest BCUT2D eigenvalue weighted by atomic mass is 10.1. The number of likely N-dealkylation sites (tertiary alicyclic amines) is 1. The summed E-state index contributed by atoms with van der Waals surface area (Å²) in [5.74, 6) is 1.26. The van der Waals surface area contributed by atoms with Crippen LogP contribution in [0.3, 0.4) is 0 Å². The molecule has 1 aromatic carbocycles. The summed E-state index contributed by atoms with van der Waals surface area (Å²) in [5, 5.41) is 8.36. The summed E-state index contributed by atoms with van der Waals surface area (Å²) in [4.78, 5) is 2.52. The Balaban J connectivity index is 1.58. The van der Waals surface area contributed by atoms with Crippen LogP contribution in [-0.4, -0.2) is 40.9 Å². The van der Waals surface area contributed by atoms with E-state index in [0.717, 1.165) is 37.8 Å². The number of ether oxygens (including phenoxy) is 1. The fourth-order valence-electron chi connectivity index (χ4n) is 3.69. The van der Waals surface area contributed by atoms with Gasteiger partial charge in [0.15, 0.2) is 0 Å². The van der Waals surface area contributed by atoms with Gasteiger partial charge in [-0.1, -0.05) is 44.2 Å². The van der Waals surface area contributed by atoms with Gasteiger partial charge in [-0.15, -0.1) is 0 Å². The van der Waals surface area contributed by atoms with Crippen LogP contribution in [0, 0.1) is 0 Å². The quantitative estimate of drug-likeness (QED) is 0.840. The molecule has 1 N–H and O–H groups in total. The van der Waals surface area contributed by atoms with Gasteiger partial charge in [0.1, 0.15) is 0 Å². The molecular weight excluding hydrogens is 312 g/mol. The zero-order valence-electron chi connectivity index (χ0n) is 15.8. The van der Waals surface area contributed by atoms with Gasteiger partial charge < -0.3 is 10.1 Å². The molecule has 0 amide bonds. The van der Waals surface area contributed by atoms with Gasteiger partial charge in [-0.2, -0.15) is 5.10 Å². The molecule has 1 fully saturated rings. The van der Waals surface area contributed by atoms with Gasteiger partial charge in [0.2, 0.25) is 5.88 Å². The number of hydrogen-bond acceptors (Lipinski definition) is 4. The second-order valence-electron chi connectivity index (χ2n) is 7.24. The van der Waals surface area contributed by atoms with Gasteiger partial charge in [0.25, 0.3) is 0 Å². The van der Waals surface area contributed by atoms with Gasteiger partial charge in [-0.25, -0.2) is 4.68 Å². The minimum absolute atomic E-state index is 0.394. The lowest BCUT2D eigenvalue weighted by Gasteiger charge is -2.17. The Hall–Kier alpha value is -1.85. The predicted octanol–water partition coefficient (Wildman–Crippen LogP) is 2.92. The first-order valence-electron chi connectivity index (χ1n) is 9.18. The van der Waals surface area contributed by atoms with Crippen molar-refractivity contribution in [1.29, 1.82) is 0 Å². The summed E-state index contributed by atoms with van der Waals surface area (Å²) in [7, 11) is 3.67. The van der Waals surface area contributed by atoms with E-state index in [0.29, 0.717) is 12.0 Å². The molecular formula is C20H30N4O. The fourth-order valence-corrected chi connectivity index (χ4v) is 3.69. The summed E-state index contributed by atoms with van der Waals surface area (Å²) < 4.78 is 7.42. The van der Waals surface area contributed by atoms with Gasteiger partial charge in [-0.3, -0.25) is 4.90 Å². The van der Waals surface area contributed by atoms with Crippen molar-refractivity contribution in [3.05, 3.63) is 47.2 Å². The summed E-state index contributed by atoms with van der Waals surface area (Å²) in [6.07, 6.45) is 1.19. The molecule has 5 nitrogen and oxygen atoms in total. The summed E-state index contributed by atoms with van der Waals surface area (Å²) in [6.45, 7) is 8.45. The summed E-state index contributed by atoms with van der Waals surface area (Å²) in [6, 6.07) is 11.2. The van der Waals surface area contributed by atoms with Crippen molar-refractivity contribution in [3.8, 4) is 5.88 Å². The molecule has 0 bridgehead atoms. The first-order valence-corrected chi connectivity index (χ1v) is 9.18. The molecule has 2 heterocycles. The van der Waals surface area contributed by atoms with E-state index in [9.17, 15) is 0 Å². The van der Waals surface area contributed by atoms with Crippen LogP contribution in [0.5, 0.6) is 5.88 Å². The Labute approximate surface area is 151 Å². The molecule has 25 heavy (non-hydrogen) atoms. The van der Waals surface area contributed by atoms with Crippen molar-refractivity contribution in [3.63, 3.8) is 0 Å². The maximum absolute atomic E-state index is 5.57. The van der Waals surface area contributed by atoms with E-state index in [-0.39, 0.29) is 0 Å². The molecule has 1 aliphatic heterocycles. The van der Waals surface area contributed by atoms with Gasteiger partial charge >= 0.3 is 0 Å². The minimum atomic E-state index is 0.394.